The average Bonchev–Trinajstić information content (AvgIpc) is 2.27. The number of carbonyl (C=O) groups excluding carboxylic acids is 1. The van der Waals surface area contributed by atoms with E-state index >= 15 is 0 Å². The Bertz CT molecular complexity index is 211. The first-order valence-corrected chi connectivity index (χ1v) is 5.69. The Hall–Kier alpha value is -0.610. The number of ether oxygens (including phenoxy) is 1. The molecule has 88 valence electrons. The second kappa shape index (κ2) is 5.47. The second-order valence-corrected chi connectivity index (χ2v) is 4.93. The van der Waals surface area contributed by atoms with Crippen molar-refractivity contribution in [3.8, 4) is 0 Å². The van der Waals surface area contributed by atoms with Crippen molar-refractivity contribution in [1.82, 2.24) is 5.43 Å². The van der Waals surface area contributed by atoms with Crippen LogP contribution >= 0.6 is 0 Å². The number of carbonyl (C=O) groups is 1. The zero-order valence-corrected chi connectivity index (χ0v) is 9.71. The van der Waals surface area contributed by atoms with Gasteiger partial charge in [-0.15, -0.1) is 0 Å². The monoisotopic (exact) mass is 214 g/mol. The molecule has 0 aromatic carbocycles. The second-order valence-electron chi connectivity index (χ2n) is 4.93. The Balaban J connectivity index is 2.31. The Morgan fingerprint density at radius 3 is 2.53 bits per heavy atom. The van der Waals surface area contributed by atoms with Gasteiger partial charge in [-0.3, -0.25) is 10.2 Å². The van der Waals surface area contributed by atoms with Gasteiger partial charge >= 0.3 is 0 Å². The van der Waals surface area contributed by atoms with E-state index in [4.69, 9.17) is 10.6 Å². The van der Waals surface area contributed by atoms with Crippen molar-refractivity contribution >= 4 is 5.91 Å². The van der Waals surface area contributed by atoms with Gasteiger partial charge in [-0.25, -0.2) is 5.84 Å². The molecule has 1 fully saturated rings. The molecule has 0 saturated heterocycles. The lowest BCUT2D eigenvalue weighted by molar-refractivity contribution is -0.134. The molecule has 0 spiro atoms. The van der Waals surface area contributed by atoms with E-state index in [2.05, 4.69) is 5.43 Å². The summed E-state index contributed by atoms with van der Waals surface area (Å²) in [5.41, 5.74) is 1.64. The van der Waals surface area contributed by atoms with Crippen LogP contribution in [0, 0.1) is 5.41 Å². The highest BCUT2D eigenvalue weighted by atomic mass is 16.5. The Morgan fingerprint density at radius 1 is 1.40 bits per heavy atom. The maximum absolute atomic E-state index is 11.4. The SMILES string of the molecule is CC(C)(COC1CCCCC1)C(=O)NN. The van der Waals surface area contributed by atoms with Gasteiger partial charge in [-0.1, -0.05) is 19.3 Å². The molecule has 1 amide bonds. The largest absolute Gasteiger partial charge is 0.377 e. The number of amides is 1. The number of nitrogens with one attached hydrogen (secondary N) is 1. The van der Waals surface area contributed by atoms with Gasteiger partial charge in [0.1, 0.15) is 0 Å². The highest BCUT2D eigenvalue weighted by molar-refractivity contribution is 5.81. The van der Waals surface area contributed by atoms with Gasteiger partial charge in [0.2, 0.25) is 5.91 Å². The van der Waals surface area contributed by atoms with Crippen molar-refractivity contribution in [2.45, 2.75) is 52.1 Å². The maximum Gasteiger partial charge on any atom is 0.241 e. The van der Waals surface area contributed by atoms with Gasteiger partial charge < -0.3 is 4.74 Å². The third-order valence-electron chi connectivity index (χ3n) is 2.98. The molecule has 15 heavy (non-hydrogen) atoms. The smallest absolute Gasteiger partial charge is 0.241 e. The van der Waals surface area contributed by atoms with Crippen LogP contribution in [0.5, 0.6) is 0 Å². The van der Waals surface area contributed by atoms with E-state index in [-0.39, 0.29) is 5.91 Å². The third-order valence-corrected chi connectivity index (χ3v) is 2.98. The first-order chi connectivity index (χ1) is 7.06. The van der Waals surface area contributed by atoms with Crippen LogP contribution in [-0.4, -0.2) is 18.6 Å². The van der Waals surface area contributed by atoms with Crippen LogP contribution in [0.25, 0.3) is 0 Å². The third kappa shape index (κ3) is 3.80. The van der Waals surface area contributed by atoms with E-state index in [1.807, 2.05) is 13.8 Å². The fraction of sp³-hybridized carbons (Fsp3) is 0.909. The number of hydrogen-bond donors (Lipinski definition) is 2. The lowest BCUT2D eigenvalue weighted by atomic mass is 9.93. The summed E-state index contributed by atoms with van der Waals surface area (Å²) in [7, 11) is 0. The van der Waals surface area contributed by atoms with Crippen LogP contribution in [-0.2, 0) is 9.53 Å². The van der Waals surface area contributed by atoms with E-state index in [0.717, 1.165) is 12.8 Å². The van der Waals surface area contributed by atoms with Crippen LogP contribution in [0.4, 0.5) is 0 Å². The molecule has 1 aliphatic rings. The summed E-state index contributed by atoms with van der Waals surface area (Å²) in [5.74, 6) is 4.94. The molecule has 0 heterocycles. The number of hydrogen-bond acceptors (Lipinski definition) is 3. The predicted molar refractivity (Wildman–Crippen MR) is 58.9 cm³/mol. The van der Waals surface area contributed by atoms with Crippen molar-refractivity contribution in [3.63, 3.8) is 0 Å². The molecule has 0 aliphatic heterocycles. The summed E-state index contributed by atoms with van der Waals surface area (Å²) in [6.07, 6.45) is 6.39. The summed E-state index contributed by atoms with van der Waals surface area (Å²) >= 11 is 0. The molecule has 0 radical (unpaired) electrons. The molecule has 4 heteroatoms. The zero-order valence-electron chi connectivity index (χ0n) is 9.71. The summed E-state index contributed by atoms with van der Waals surface area (Å²) in [4.78, 5) is 11.4. The van der Waals surface area contributed by atoms with Crippen LogP contribution in [0.15, 0.2) is 0 Å². The zero-order chi connectivity index (χ0) is 11.3. The van der Waals surface area contributed by atoms with Crippen LogP contribution in [0.3, 0.4) is 0 Å². The van der Waals surface area contributed by atoms with Crippen molar-refractivity contribution < 1.29 is 9.53 Å². The maximum atomic E-state index is 11.4. The summed E-state index contributed by atoms with van der Waals surface area (Å²) in [5, 5.41) is 0. The molecule has 0 aromatic rings. The molecule has 0 bridgehead atoms. The molecule has 1 aliphatic carbocycles. The molecule has 0 aromatic heterocycles. The lowest BCUT2D eigenvalue weighted by Gasteiger charge is -2.27. The first-order valence-electron chi connectivity index (χ1n) is 5.69. The normalized spacial score (nSPS) is 18.9. The van der Waals surface area contributed by atoms with Crippen molar-refractivity contribution in [2.24, 2.45) is 11.3 Å². The number of nitrogens with two attached hydrogens (primary N) is 1. The number of rotatable bonds is 4. The Morgan fingerprint density at radius 2 is 2.00 bits per heavy atom. The van der Waals surface area contributed by atoms with E-state index < -0.39 is 5.41 Å². The fourth-order valence-electron chi connectivity index (χ4n) is 1.82. The van der Waals surface area contributed by atoms with Gasteiger partial charge in [-0.2, -0.15) is 0 Å². The highest BCUT2D eigenvalue weighted by Crippen LogP contribution is 2.23. The van der Waals surface area contributed by atoms with Crippen molar-refractivity contribution in [2.75, 3.05) is 6.61 Å². The molecular weight excluding hydrogens is 192 g/mol. The molecule has 3 N–H and O–H groups in total. The van der Waals surface area contributed by atoms with Crippen molar-refractivity contribution in [1.29, 1.82) is 0 Å². The molecule has 0 atom stereocenters. The summed E-state index contributed by atoms with van der Waals surface area (Å²) in [6.45, 7) is 4.14. The van der Waals surface area contributed by atoms with Gasteiger partial charge in [0.15, 0.2) is 0 Å². The van der Waals surface area contributed by atoms with Crippen molar-refractivity contribution in [3.05, 3.63) is 0 Å². The molecular formula is C11H22N2O2. The van der Waals surface area contributed by atoms with E-state index in [1.54, 1.807) is 0 Å². The minimum atomic E-state index is -0.536. The summed E-state index contributed by atoms with van der Waals surface area (Å²) < 4.78 is 5.75. The molecule has 0 unspecified atom stereocenters. The lowest BCUT2D eigenvalue weighted by Crippen LogP contribution is -2.44. The average molecular weight is 214 g/mol. The standard InChI is InChI=1S/C11H22N2O2/c1-11(2,10(14)13-12)8-15-9-6-4-3-5-7-9/h9H,3-8,12H2,1-2H3,(H,13,14). The van der Waals surface area contributed by atoms with Gasteiger partial charge in [0.05, 0.1) is 18.1 Å². The summed E-state index contributed by atoms with van der Waals surface area (Å²) in [6, 6.07) is 0. The Labute approximate surface area is 91.5 Å². The van der Waals surface area contributed by atoms with Crippen LogP contribution in [0.1, 0.15) is 46.0 Å². The fourth-order valence-corrected chi connectivity index (χ4v) is 1.82. The van der Waals surface area contributed by atoms with E-state index in [0.29, 0.717) is 12.7 Å². The van der Waals surface area contributed by atoms with Gasteiger partial charge in [-0.05, 0) is 26.7 Å². The number of hydrazine groups is 1. The predicted octanol–water partition coefficient (Wildman–Crippen LogP) is 1.35. The molecule has 1 rings (SSSR count). The first kappa shape index (κ1) is 12.5. The van der Waals surface area contributed by atoms with Gasteiger partial charge in [0.25, 0.3) is 0 Å². The minimum absolute atomic E-state index is 0.168. The highest BCUT2D eigenvalue weighted by Gasteiger charge is 2.28. The Kier molecular flexibility index (Phi) is 4.54. The molecule has 1 saturated carbocycles. The van der Waals surface area contributed by atoms with E-state index in [9.17, 15) is 4.79 Å². The van der Waals surface area contributed by atoms with Crippen LogP contribution in [0.2, 0.25) is 0 Å². The minimum Gasteiger partial charge on any atom is -0.377 e. The topological polar surface area (TPSA) is 64.3 Å². The van der Waals surface area contributed by atoms with Gasteiger partial charge in [0, 0.05) is 0 Å². The molecule has 4 nitrogen and oxygen atoms in total. The van der Waals surface area contributed by atoms with E-state index in [1.165, 1.54) is 19.3 Å². The van der Waals surface area contributed by atoms with Crippen LogP contribution < -0.4 is 11.3 Å². The quantitative estimate of drug-likeness (QED) is 0.422.